The van der Waals surface area contributed by atoms with Gasteiger partial charge in [0.2, 0.25) is 0 Å². The Labute approximate surface area is 786 Å². The van der Waals surface area contributed by atoms with E-state index in [1.54, 1.807) is 12.1 Å². The number of phenolic OH excluding ortho intramolecular Hbond substituents is 1. The number of aromatic hydroxyl groups is 1. The number of hydrogen-bond acceptors (Lipinski definition) is 1. The van der Waals surface area contributed by atoms with Crippen LogP contribution in [0.15, 0.2) is 449 Å². The van der Waals surface area contributed by atoms with Gasteiger partial charge in [0.25, 0.3) is 0 Å². The average Bonchev–Trinajstić information content (AvgIpc) is 0.773. The Morgan fingerprint density at radius 2 is 0.308 bits per heavy atom. The summed E-state index contributed by atoms with van der Waals surface area (Å²) in [6.07, 6.45) is 10.9. The van der Waals surface area contributed by atoms with Crippen molar-refractivity contribution in [2.45, 2.75) is 163 Å². The fraction of sp³-hybridized carbons (Fsp3) is 0.197. The van der Waals surface area contributed by atoms with Gasteiger partial charge in [0.1, 0.15) is 5.75 Å². The highest BCUT2D eigenvalue weighted by atomic mass is 16.3. The highest BCUT2D eigenvalue weighted by molar-refractivity contribution is 5.94. The largest absolute Gasteiger partial charge is 0.508 e. The standard InChI is InChI=1S/C122H106.C10H14O/c1-3-84(104-65-25-45-86-35-5-15-55-106(86)104)75-96(116-67-27-47-88-37-7-17-57-108(88)116)77-98(118-69-29-49-90-39-9-19-59-110(90)118)79-100(120-71-31-51-92-41-11-21-61-112(92)120)81-102(122-73-33-53-94-43-13-23-63-114(94)122)82-101(121-72-32-52-93-42-12-22-62-113(93)121)80-99(119-70-30-50-91-40-10-20-60-111(91)119)78-97(117-68-28-48-89-38-8-18-58-109(89)117)76-95(115-66-26-46-87-36-6-16-56-107(87)115)74-83(2)103-64-24-44-85-34-4-14-54-105(85)103;1-3-8(2)9-4-6-10(11)7-5-9/h4-73,83-84,95-102H,3,74-82H2,1-2H3;4-8,11H,3H2,1-2H3. The Kier molecular flexibility index (Phi) is 26.4. The van der Waals surface area contributed by atoms with Gasteiger partial charge in [0, 0.05) is 0 Å². The third kappa shape index (κ3) is 18.9. The first kappa shape index (κ1) is 87.0. The minimum absolute atomic E-state index is 0.0974. The van der Waals surface area contributed by atoms with Crippen LogP contribution in [0.4, 0.5) is 0 Å². The van der Waals surface area contributed by atoms with E-state index in [0.29, 0.717) is 17.6 Å². The summed E-state index contributed by atoms with van der Waals surface area (Å²) in [4.78, 5) is 0. The van der Waals surface area contributed by atoms with Crippen LogP contribution in [0.1, 0.15) is 225 Å². The molecule has 0 aliphatic heterocycles. The molecule has 0 fully saturated rings. The molecule has 11 unspecified atom stereocenters. The molecule has 1 N–H and O–H groups in total. The van der Waals surface area contributed by atoms with E-state index in [2.05, 4.69) is 452 Å². The van der Waals surface area contributed by atoms with Crippen LogP contribution in [0.2, 0.25) is 0 Å². The lowest BCUT2D eigenvalue weighted by Crippen LogP contribution is -2.19. The highest BCUT2D eigenvalue weighted by Crippen LogP contribution is 2.54. The van der Waals surface area contributed by atoms with E-state index in [0.717, 1.165) is 70.6 Å². The molecule has 0 bridgehead atoms. The van der Waals surface area contributed by atoms with E-state index >= 15 is 0 Å². The van der Waals surface area contributed by atoms with Crippen LogP contribution >= 0.6 is 0 Å². The Balaban J connectivity index is 0.000000934. The summed E-state index contributed by atoms with van der Waals surface area (Å²) in [7, 11) is 0. The number of rotatable bonds is 31. The van der Waals surface area contributed by atoms with Gasteiger partial charge in [-0.1, -0.05) is 464 Å². The van der Waals surface area contributed by atoms with Gasteiger partial charge in [-0.3, -0.25) is 0 Å². The molecule has 0 radical (unpaired) electrons. The maximum Gasteiger partial charge on any atom is 0.115 e. The molecule has 0 spiro atoms. The van der Waals surface area contributed by atoms with Crippen LogP contribution < -0.4 is 0 Å². The molecule has 0 aliphatic carbocycles. The summed E-state index contributed by atoms with van der Waals surface area (Å²) >= 11 is 0. The van der Waals surface area contributed by atoms with E-state index in [1.165, 1.54) is 169 Å². The molecule has 21 rings (SSSR count). The predicted octanol–water partition coefficient (Wildman–Crippen LogP) is 37.2. The summed E-state index contributed by atoms with van der Waals surface area (Å²) in [5.74, 6) is 2.67. The molecule has 0 amide bonds. The minimum Gasteiger partial charge on any atom is -0.508 e. The molecule has 0 heterocycles. The molecule has 21 aromatic rings. The van der Waals surface area contributed by atoms with Crippen LogP contribution in [0, 0.1) is 0 Å². The molecule has 0 saturated carbocycles. The minimum atomic E-state index is 0.0974. The normalized spacial score (nSPS) is 14.3. The lowest BCUT2D eigenvalue weighted by molar-refractivity contribution is 0.373. The summed E-state index contributed by atoms with van der Waals surface area (Å²) in [5, 5.41) is 35.6. The monoisotopic (exact) mass is 1720 g/mol. The zero-order valence-electron chi connectivity index (χ0n) is 77.3. The molecule has 1 heteroatoms. The Bertz CT molecular complexity index is 7570. The van der Waals surface area contributed by atoms with Gasteiger partial charge in [-0.05, 0) is 317 Å². The maximum atomic E-state index is 9.01. The van der Waals surface area contributed by atoms with Gasteiger partial charge in [-0.2, -0.15) is 0 Å². The summed E-state index contributed by atoms with van der Waals surface area (Å²) in [6, 6.07) is 172. The number of hydrogen-bond donors (Lipinski definition) is 1. The van der Waals surface area contributed by atoms with Crippen molar-refractivity contribution in [1.29, 1.82) is 0 Å². The lowest BCUT2D eigenvalue weighted by Gasteiger charge is -2.36. The van der Waals surface area contributed by atoms with Crippen molar-refractivity contribution in [3.63, 3.8) is 0 Å². The Morgan fingerprint density at radius 3 is 0.504 bits per heavy atom. The van der Waals surface area contributed by atoms with Crippen molar-refractivity contribution in [3.8, 4) is 5.75 Å². The van der Waals surface area contributed by atoms with Crippen molar-refractivity contribution >= 4 is 108 Å². The molecule has 0 aromatic heterocycles. The van der Waals surface area contributed by atoms with Crippen LogP contribution in [-0.4, -0.2) is 5.11 Å². The van der Waals surface area contributed by atoms with E-state index in [-0.39, 0.29) is 53.3 Å². The maximum absolute atomic E-state index is 9.01. The van der Waals surface area contributed by atoms with Gasteiger partial charge in [-0.15, -0.1) is 0 Å². The fourth-order valence-corrected chi connectivity index (χ4v) is 23.8. The second-order valence-corrected chi connectivity index (χ2v) is 38.3. The SMILES string of the molecule is CCC(C)c1ccc(O)cc1.CCC(CC(CC(CC(CC(CC(CC(CC(CC(CC(C)c1cccc2ccccc12)c1cccc2ccccc12)c1cccc2ccccc12)c1cccc2ccccc12)c1cccc2ccccc12)c1cccc2ccccc12)c1cccc2ccccc12)c1cccc2ccccc12)c1cccc2ccccc12)c1cccc2ccccc12. The highest BCUT2D eigenvalue weighted by Gasteiger charge is 2.36. The molecule has 0 saturated heterocycles. The fourth-order valence-electron chi connectivity index (χ4n) is 23.8. The van der Waals surface area contributed by atoms with Crippen molar-refractivity contribution in [3.05, 3.63) is 510 Å². The number of phenols is 1. The van der Waals surface area contributed by atoms with Gasteiger partial charge < -0.3 is 5.11 Å². The van der Waals surface area contributed by atoms with Gasteiger partial charge in [0.15, 0.2) is 0 Å². The molecule has 11 atom stereocenters. The number of fused-ring (bicyclic) bond motifs is 10. The predicted molar refractivity (Wildman–Crippen MR) is 571 cm³/mol. The van der Waals surface area contributed by atoms with E-state index in [4.69, 9.17) is 5.11 Å². The van der Waals surface area contributed by atoms with Crippen molar-refractivity contribution in [2.75, 3.05) is 0 Å². The summed E-state index contributed by atoms with van der Waals surface area (Å²) in [5.41, 5.74) is 15.8. The molecular weight excluding hydrogens is 1600 g/mol. The topological polar surface area (TPSA) is 20.2 Å². The zero-order chi connectivity index (χ0) is 89.9. The second-order valence-electron chi connectivity index (χ2n) is 38.3. The zero-order valence-corrected chi connectivity index (χ0v) is 77.3. The Morgan fingerprint density at radius 1 is 0.150 bits per heavy atom. The van der Waals surface area contributed by atoms with E-state index in [9.17, 15) is 0 Å². The molecule has 1 nitrogen and oxygen atoms in total. The third-order valence-corrected chi connectivity index (χ3v) is 30.5. The van der Waals surface area contributed by atoms with Crippen molar-refractivity contribution < 1.29 is 5.11 Å². The van der Waals surface area contributed by atoms with Crippen molar-refractivity contribution in [2.24, 2.45) is 0 Å². The van der Waals surface area contributed by atoms with E-state index < -0.39 is 0 Å². The smallest absolute Gasteiger partial charge is 0.115 e. The quantitative estimate of drug-likeness (QED) is 0.0459. The second kappa shape index (κ2) is 40.4. The van der Waals surface area contributed by atoms with Crippen LogP contribution in [-0.2, 0) is 0 Å². The van der Waals surface area contributed by atoms with Crippen LogP contribution in [0.25, 0.3) is 108 Å². The molecule has 21 aromatic carbocycles. The van der Waals surface area contributed by atoms with E-state index in [1.807, 2.05) is 12.1 Å². The first-order chi connectivity index (χ1) is 65.6. The average molecular weight is 1720 g/mol. The summed E-state index contributed by atoms with van der Waals surface area (Å²) < 4.78 is 0. The Hall–Kier alpha value is -14.0. The molecule has 0 aliphatic rings. The van der Waals surface area contributed by atoms with Crippen LogP contribution in [0.5, 0.6) is 5.75 Å². The molecule has 654 valence electrons. The summed E-state index contributed by atoms with van der Waals surface area (Å²) in [6.45, 7) is 9.31. The van der Waals surface area contributed by atoms with Crippen molar-refractivity contribution in [1.82, 2.24) is 0 Å². The van der Waals surface area contributed by atoms with Gasteiger partial charge in [0.05, 0.1) is 0 Å². The van der Waals surface area contributed by atoms with Gasteiger partial charge in [-0.25, -0.2) is 0 Å². The first-order valence-electron chi connectivity index (χ1n) is 49.2. The third-order valence-electron chi connectivity index (χ3n) is 30.5. The van der Waals surface area contributed by atoms with Crippen LogP contribution in [0.3, 0.4) is 0 Å². The molecule has 133 heavy (non-hydrogen) atoms. The van der Waals surface area contributed by atoms with Gasteiger partial charge >= 0.3 is 0 Å². The first-order valence-corrected chi connectivity index (χ1v) is 49.2. The molecular formula is C132H120O. The lowest BCUT2D eigenvalue weighted by atomic mass is 9.68. The number of benzene rings is 21.